The van der Waals surface area contributed by atoms with Crippen LogP contribution in [-0.4, -0.2) is 6.03 Å². The van der Waals surface area contributed by atoms with Gasteiger partial charge in [0.25, 0.3) is 0 Å². The van der Waals surface area contributed by atoms with Crippen LogP contribution in [0, 0.1) is 0 Å². The van der Waals surface area contributed by atoms with Crippen LogP contribution in [0.1, 0.15) is 11.1 Å². The largest absolute Gasteiger partial charge is 0.489 e. The molecule has 0 atom stereocenters. The molecule has 26 heavy (non-hydrogen) atoms. The number of amides is 2. The minimum absolute atomic E-state index is 0.289. The van der Waals surface area contributed by atoms with E-state index >= 15 is 0 Å². The molecule has 0 aromatic heterocycles. The van der Waals surface area contributed by atoms with Gasteiger partial charge >= 0.3 is 6.03 Å². The summed E-state index contributed by atoms with van der Waals surface area (Å²) in [5.74, 6) is 0.746. The highest BCUT2D eigenvalue weighted by Crippen LogP contribution is 2.17. The van der Waals surface area contributed by atoms with E-state index in [4.69, 9.17) is 16.3 Å². The lowest BCUT2D eigenvalue weighted by atomic mass is 10.2. The molecule has 0 spiro atoms. The first kappa shape index (κ1) is 17.8. The van der Waals surface area contributed by atoms with Crippen molar-refractivity contribution >= 4 is 23.3 Å². The number of anilines is 1. The topological polar surface area (TPSA) is 50.4 Å². The van der Waals surface area contributed by atoms with Gasteiger partial charge in [0.2, 0.25) is 0 Å². The first-order valence-electron chi connectivity index (χ1n) is 8.26. The van der Waals surface area contributed by atoms with Gasteiger partial charge in [-0.25, -0.2) is 4.79 Å². The van der Waals surface area contributed by atoms with Crippen LogP contribution in [0.25, 0.3) is 0 Å². The Bertz CT molecular complexity index is 851. The highest BCUT2D eigenvalue weighted by Gasteiger charge is 2.04. The molecule has 3 aromatic carbocycles. The highest BCUT2D eigenvalue weighted by atomic mass is 35.5. The third-order valence-corrected chi connectivity index (χ3v) is 4.13. The molecule has 0 bridgehead atoms. The van der Waals surface area contributed by atoms with Crippen molar-refractivity contribution < 1.29 is 9.53 Å². The summed E-state index contributed by atoms with van der Waals surface area (Å²) in [6.07, 6.45) is 0. The molecule has 0 saturated carbocycles. The second-order valence-electron chi connectivity index (χ2n) is 5.70. The van der Waals surface area contributed by atoms with Crippen LogP contribution in [0.4, 0.5) is 10.5 Å². The SMILES string of the molecule is O=C(NCc1ccccc1Cl)Nc1ccc(OCc2ccccc2)cc1. The Morgan fingerprint density at radius 3 is 2.31 bits per heavy atom. The fourth-order valence-corrected chi connectivity index (χ4v) is 2.57. The molecular formula is C21H19ClN2O2. The van der Waals surface area contributed by atoms with E-state index in [0.717, 1.165) is 16.9 Å². The van der Waals surface area contributed by atoms with Gasteiger partial charge in [0.1, 0.15) is 12.4 Å². The van der Waals surface area contributed by atoms with Gasteiger partial charge in [0.15, 0.2) is 0 Å². The molecule has 0 aliphatic heterocycles. The van der Waals surface area contributed by atoms with Crippen LogP contribution in [-0.2, 0) is 13.2 Å². The fourth-order valence-electron chi connectivity index (χ4n) is 2.37. The second kappa shape index (κ2) is 8.92. The summed E-state index contributed by atoms with van der Waals surface area (Å²) < 4.78 is 5.73. The van der Waals surface area contributed by atoms with Gasteiger partial charge in [0, 0.05) is 17.3 Å². The Morgan fingerprint density at radius 1 is 0.885 bits per heavy atom. The lowest BCUT2D eigenvalue weighted by molar-refractivity contribution is 0.251. The van der Waals surface area contributed by atoms with E-state index in [1.807, 2.05) is 60.7 Å². The maximum absolute atomic E-state index is 12.0. The van der Waals surface area contributed by atoms with E-state index in [2.05, 4.69) is 10.6 Å². The molecular weight excluding hydrogens is 348 g/mol. The second-order valence-corrected chi connectivity index (χ2v) is 6.10. The van der Waals surface area contributed by atoms with Gasteiger partial charge in [0.05, 0.1) is 0 Å². The van der Waals surface area contributed by atoms with Gasteiger partial charge in [-0.15, -0.1) is 0 Å². The van der Waals surface area contributed by atoms with Crippen LogP contribution in [0.2, 0.25) is 5.02 Å². The number of hydrogen-bond donors (Lipinski definition) is 2. The lowest BCUT2D eigenvalue weighted by Gasteiger charge is -2.10. The van der Waals surface area contributed by atoms with E-state index in [9.17, 15) is 4.79 Å². The van der Waals surface area contributed by atoms with Crippen LogP contribution in [0.5, 0.6) is 5.75 Å². The quantitative estimate of drug-likeness (QED) is 0.626. The predicted octanol–water partition coefficient (Wildman–Crippen LogP) is 5.24. The number of ether oxygens (including phenoxy) is 1. The van der Waals surface area contributed by atoms with Crippen molar-refractivity contribution in [2.75, 3.05) is 5.32 Å². The van der Waals surface area contributed by atoms with Gasteiger partial charge < -0.3 is 15.4 Å². The first-order chi connectivity index (χ1) is 12.7. The van der Waals surface area contributed by atoms with Crippen LogP contribution in [0.15, 0.2) is 78.9 Å². The number of carbonyl (C=O) groups is 1. The van der Waals surface area contributed by atoms with E-state index in [1.165, 1.54) is 0 Å². The van der Waals surface area contributed by atoms with Gasteiger partial charge in [-0.2, -0.15) is 0 Å². The number of halogens is 1. The summed E-state index contributed by atoms with van der Waals surface area (Å²) in [6.45, 7) is 0.871. The number of nitrogens with one attached hydrogen (secondary N) is 2. The van der Waals surface area contributed by atoms with Crippen molar-refractivity contribution in [3.8, 4) is 5.75 Å². The molecule has 0 unspecified atom stereocenters. The van der Waals surface area contributed by atoms with E-state index in [-0.39, 0.29) is 6.03 Å². The molecule has 0 aliphatic carbocycles. The highest BCUT2D eigenvalue weighted by molar-refractivity contribution is 6.31. The summed E-state index contributed by atoms with van der Waals surface area (Å²) in [7, 11) is 0. The molecule has 2 amide bonds. The smallest absolute Gasteiger partial charge is 0.319 e. The zero-order chi connectivity index (χ0) is 18.2. The summed E-state index contributed by atoms with van der Waals surface area (Å²) in [5, 5.41) is 6.20. The lowest BCUT2D eigenvalue weighted by Crippen LogP contribution is -2.28. The van der Waals surface area contributed by atoms with E-state index in [1.54, 1.807) is 18.2 Å². The summed E-state index contributed by atoms with van der Waals surface area (Å²) in [5.41, 5.74) is 2.66. The van der Waals surface area contributed by atoms with Crippen LogP contribution >= 0.6 is 11.6 Å². The van der Waals surface area contributed by atoms with Crippen LogP contribution in [0.3, 0.4) is 0 Å². The maximum atomic E-state index is 12.0. The zero-order valence-electron chi connectivity index (χ0n) is 14.1. The number of urea groups is 1. The maximum Gasteiger partial charge on any atom is 0.319 e. The molecule has 3 rings (SSSR count). The molecule has 0 aliphatic rings. The number of benzene rings is 3. The first-order valence-corrected chi connectivity index (χ1v) is 8.63. The summed E-state index contributed by atoms with van der Waals surface area (Å²) >= 11 is 6.07. The molecule has 0 fully saturated rings. The molecule has 0 radical (unpaired) electrons. The third kappa shape index (κ3) is 5.26. The van der Waals surface area contributed by atoms with Gasteiger partial charge in [-0.3, -0.25) is 0 Å². The van der Waals surface area contributed by atoms with Crippen molar-refractivity contribution in [2.45, 2.75) is 13.2 Å². The minimum Gasteiger partial charge on any atom is -0.489 e. The van der Waals surface area contributed by atoms with Gasteiger partial charge in [-0.1, -0.05) is 60.1 Å². The third-order valence-electron chi connectivity index (χ3n) is 3.76. The van der Waals surface area contributed by atoms with Crippen molar-refractivity contribution in [1.29, 1.82) is 0 Å². The number of rotatable bonds is 6. The Kier molecular flexibility index (Phi) is 6.12. The normalized spacial score (nSPS) is 10.2. The number of carbonyl (C=O) groups excluding carboxylic acids is 1. The minimum atomic E-state index is -0.289. The Hall–Kier alpha value is -2.98. The molecule has 0 saturated heterocycles. The van der Waals surface area contributed by atoms with Crippen molar-refractivity contribution in [3.63, 3.8) is 0 Å². The standard InChI is InChI=1S/C21H19ClN2O2/c22-20-9-5-4-8-17(20)14-23-21(25)24-18-10-12-19(13-11-18)26-15-16-6-2-1-3-7-16/h1-13H,14-15H2,(H2,23,24,25). The molecule has 0 heterocycles. The van der Waals surface area contributed by atoms with Crippen LogP contribution < -0.4 is 15.4 Å². The van der Waals surface area contributed by atoms with Crippen molar-refractivity contribution in [3.05, 3.63) is 95.0 Å². The Balaban J connectivity index is 1.47. The average molecular weight is 367 g/mol. The Labute approximate surface area is 157 Å². The summed E-state index contributed by atoms with van der Waals surface area (Å²) in [6, 6.07) is 24.3. The van der Waals surface area contributed by atoms with Gasteiger partial charge in [-0.05, 0) is 41.5 Å². The fraction of sp³-hybridized carbons (Fsp3) is 0.0952. The molecule has 5 heteroatoms. The van der Waals surface area contributed by atoms with Crippen molar-refractivity contribution in [2.24, 2.45) is 0 Å². The van der Waals surface area contributed by atoms with E-state index < -0.39 is 0 Å². The molecule has 3 aromatic rings. The predicted molar refractivity (Wildman–Crippen MR) is 105 cm³/mol. The molecule has 4 nitrogen and oxygen atoms in total. The molecule has 2 N–H and O–H groups in total. The van der Waals surface area contributed by atoms with Crippen molar-refractivity contribution in [1.82, 2.24) is 5.32 Å². The monoisotopic (exact) mass is 366 g/mol. The number of hydrogen-bond acceptors (Lipinski definition) is 2. The molecule has 132 valence electrons. The summed E-state index contributed by atoms with van der Waals surface area (Å²) in [4.78, 5) is 12.0. The average Bonchev–Trinajstić information content (AvgIpc) is 2.68. The zero-order valence-corrected chi connectivity index (χ0v) is 14.9. The Morgan fingerprint density at radius 2 is 1.58 bits per heavy atom. The van der Waals surface area contributed by atoms with E-state index in [0.29, 0.717) is 23.9 Å².